The zero-order valence-electron chi connectivity index (χ0n) is 14.3. The standard InChI is InChI=1S/C18H26N2O4/c1-13(12-16(21)24-2)14-4-6-15(7-5-14)20-17(22)19-11-10-18(23)8-3-9-18/h4-7,13,23H,3,8-12H2,1-2H3,(H2,19,20,22)/t13-/m0/s1. The van der Waals surface area contributed by atoms with Crippen LogP contribution < -0.4 is 10.6 Å². The molecule has 2 rings (SSSR count). The number of hydrogen-bond acceptors (Lipinski definition) is 4. The summed E-state index contributed by atoms with van der Waals surface area (Å²) in [5.74, 6) is -0.180. The predicted molar refractivity (Wildman–Crippen MR) is 91.9 cm³/mol. The van der Waals surface area contributed by atoms with Crippen molar-refractivity contribution in [3.05, 3.63) is 29.8 Å². The molecule has 132 valence electrons. The molecule has 1 aliphatic rings. The number of methoxy groups -OCH3 is 1. The van der Waals surface area contributed by atoms with E-state index in [1.165, 1.54) is 7.11 Å². The molecule has 0 spiro atoms. The van der Waals surface area contributed by atoms with Gasteiger partial charge in [0.1, 0.15) is 0 Å². The fourth-order valence-corrected chi connectivity index (χ4v) is 2.77. The van der Waals surface area contributed by atoms with Gasteiger partial charge < -0.3 is 20.5 Å². The molecule has 2 amide bonds. The highest BCUT2D eigenvalue weighted by atomic mass is 16.5. The maximum absolute atomic E-state index is 11.8. The number of nitrogens with one attached hydrogen (secondary N) is 2. The first kappa shape index (κ1) is 18.3. The molecule has 3 N–H and O–H groups in total. The molecule has 0 heterocycles. The van der Waals surface area contributed by atoms with E-state index in [1.807, 2.05) is 31.2 Å². The van der Waals surface area contributed by atoms with Gasteiger partial charge in [0.05, 0.1) is 19.1 Å². The number of anilines is 1. The van der Waals surface area contributed by atoms with Crippen LogP contribution in [0.3, 0.4) is 0 Å². The summed E-state index contributed by atoms with van der Waals surface area (Å²) in [4.78, 5) is 23.1. The molecular weight excluding hydrogens is 308 g/mol. The van der Waals surface area contributed by atoms with Crippen LogP contribution in [-0.2, 0) is 9.53 Å². The second kappa shape index (κ2) is 8.15. The van der Waals surface area contributed by atoms with Gasteiger partial charge in [-0.2, -0.15) is 0 Å². The third-order valence-corrected chi connectivity index (χ3v) is 4.60. The van der Waals surface area contributed by atoms with Crippen LogP contribution in [0.5, 0.6) is 0 Å². The lowest BCUT2D eigenvalue weighted by Gasteiger charge is -2.36. The van der Waals surface area contributed by atoms with Gasteiger partial charge in [-0.05, 0) is 49.3 Å². The quantitative estimate of drug-likeness (QED) is 0.669. The molecule has 0 radical (unpaired) electrons. The molecule has 1 aromatic carbocycles. The van der Waals surface area contributed by atoms with Gasteiger partial charge >= 0.3 is 12.0 Å². The highest BCUT2D eigenvalue weighted by Crippen LogP contribution is 2.34. The van der Waals surface area contributed by atoms with Gasteiger partial charge in [0, 0.05) is 12.2 Å². The Morgan fingerprint density at radius 3 is 2.50 bits per heavy atom. The topological polar surface area (TPSA) is 87.7 Å². The summed E-state index contributed by atoms with van der Waals surface area (Å²) in [6, 6.07) is 7.11. The lowest BCUT2D eigenvalue weighted by Crippen LogP contribution is -2.41. The van der Waals surface area contributed by atoms with E-state index in [-0.39, 0.29) is 17.9 Å². The molecular formula is C18H26N2O4. The van der Waals surface area contributed by atoms with Crippen molar-refractivity contribution in [2.24, 2.45) is 0 Å². The molecule has 1 fully saturated rings. The lowest BCUT2D eigenvalue weighted by atomic mass is 9.78. The van der Waals surface area contributed by atoms with Crippen molar-refractivity contribution in [3.8, 4) is 0 Å². The molecule has 24 heavy (non-hydrogen) atoms. The zero-order chi connectivity index (χ0) is 17.6. The minimum atomic E-state index is -0.579. The average Bonchev–Trinajstić information content (AvgIpc) is 2.53. The number of benzene rings is 1. The Labute approximate surface area is 142 Å². The SMILES string of the molecule is COC(=O)C[C@H](C)c1ccc(NC(=O)NCCC2(O)CCC2)cc1. The molecule has 1 saturated carbocycles. The molecule has 1 aromatic rings. The summed E-state index contributed by atoms with van der Waals surface area (Å²) in [5, 5.41) is 15.5. The van der Waals surface area contributed by atoms with E-state index < -0.39 is 5.60 Å². The van der Waals surface area contributed by atoms with Crippen LogP contribution >= 0.6 is 0 Å². The second-order valence-electron chi connectivity index (χ2n) is 6.51. The Morgan fingerprint density at radius 1 is 1.29 bits per heavy atom. The van der Waals surface area contributed by atoms with E-state index in [0.717, 1.165) is 24.8 Å². The minimum Gasteiger partial charge on any atom is -0.469 e. The van der Waals surface area contributed by atoms with Gasteiger partial charge in [-0.25, -0.2) is 4.79 Å². The van der Waals surface area contributed by atoms with Gasteiger partial charge in [0.15, 0.2) is 0 Å². The molecule has 1 aliphatic carbocycles. The van der Waals surface area contributed by atoms with E-state index in [0.29, 0.717) is 25.1 Å². The first-order chi connectivity index (χ1) is 11.4. The van der Waals surface area contributed by atoms with Crippen LogP contribution in [0.4, 0.5) is 10.5 Å². The Morgan fingerprint density at radius 2 is 1.96 bits per heavy atom. The van der Waals surface area contributed by atoms with Crippen molar-refractivity contribution in [3.63, 3.8) is 0 Å². The van der Waals surface area contributed by atoms with Gasteiger partial charge in [-0.3, -0.25) is 4.79 Å². The third-order valence-electron chi connectivity index (χ3n) is 4.60. The fraction of sp³-hybridized carbons (Fsp3) is 0.556. The Kier molecular flexibility index (Phi) is 6.20. The maximum Gasteiger partial charge on any atom is 0.319 e. The summed E-state index contributed by atoms with van der Waals surface area (Å²) >= 11 is 0. The normalized spacial score (nSPS) is 16.6. The van der Waals surface area contributed by atoms with Crippen LogP contribution in [0, 0.1) is 0 Å². The number of carbonyl (C=O) groups is 2. The van der Waals surface area contributed by atoms with Crippen molar-refractivity contribution in [2.45, 2.75) is 50.5 Å². The van der Waals surface area contributed by atoms with E-state index in [4.69, 9.17) is 0 Å². The predicted octanol–water partition coefficient (Wildman–Crippen LogP) is 2.78. The molecule has 0 aliphatic heterocycles. The average molecular weight is 334 g/mol. The van der Waals surface area contributed by atoms with Crippen LogP contribution in [0.1, 0.15) is 50.5 Å². The third kappa shape index (κ3) is 5.23. The number of esters is 1. The summed E-state index contributed by atoms with van der Waals surface area (Å²) in [5.41, 5.74) is 1.12. The van der Waals surface area contributed by atoms with Crippen molar-refractivity contribution in [2.75, 3.05) is 19.0 Å². The summed E-state index contributed by atoms with van der Waals surface area (Å²) < 4.78 is 4.67. The Hall–Kier alpha value is -2.08. The van der Waals surface area contributed by atoms with Crippen LogP contribution in [-0.4, -0.2) is 36.4 Å². The number of urea groups is 1. The molecule has 6 nitrogen and oxygen atoms in total. The van der Waals surface area contributed by atoms with Crippen molar-refractivity contribution < 1.29 is 19.4 Å². The molecule has 0 unspecified atom stereocenters. The van der Waals surface area contributed by atoms with E-state index >= 15 is 0 Å². The summed E-state index contributed by atoms with van der Waals surface area (Å²) in [7, 11) is 1.38. The molecule has 0 saturated heterocycles. The number of amides is 2. The minimum absolute atomic E-state index is 0.0588. The van der Waals surface area contributed by atoms with Crippen LogP contribution in [0.15, 0.2) is 24.3 Å². The van der Waals surface area contributed by atoms with E-state index in [9.17, 15) is 14.7 Å². The largest absolute Gasteiger partial charge is 0.469 e. The fourth-order valence-electron chi connectivity index (χ4n) is 2.77. The molecule has 6 heteroatoms. The number of ether oxygens (including phenoxy) is 1. The lowest BCUT2D eigenvalue weighted by molar-refractivity contribution is -0.140. The monoisotopic (exact) mass is 334 g/mol. The highest BCUT2D eigenvalue weighted by molar-refractivity contribution is 5.89. The Balaban J connectivity index is 1.76. The number of rotatable bonds is 7. The van der Waals surface area contributed by atoms with Crippen molar-refractivity contribution in [1.29, 1.82) is 0 Å². The smallest absolute Gasteiger partial charge is 0.319 e. The first-order valence-corrected chi connectivity index (χ1v) is 8.36. The summed E-state index contributed by atoms with van der Waals surface area (Å²) in [6.45, 7) is 2.41. The number of carbonyl (C=O) groups excluding carboxylic acids is 2. The highest BCUT2D eigenvalue weighted by Gasteiger charge is 2.33. The van der Waals surface area contributed by atoms with Crippen LogP contribution in [0.25, 0.3) is 0 Å². The van der Waals surface area contributed by atoms with E-state index in [2.05, 4.69) is 15.4 Å². The first-order valence-electron chi connectivity index (χ1n) is 8.36. The molecule has 1 atom stereocenters. The van der Waals surface area contributed by atoms with Gasteiger partial charge in [0.25, 0.3) is 0 Å². The van der Waals surface area contributed by atoms with Gasteiger partial charge in [0.2, 0.25) is 0 Å². The van der Waals surface area contributed by atoms with Crippen molar-refractivity contribution in [1.82, 2.24) is 5.32 Å². The van der Waals surface area contributed by atoms with Crippen LogP contribution in [0.2, 0.25) is 0 Å². The Bertz CT molecular complexity index is 567. The van der Waals surface area contributed by atoms with E-state index in [1.54, 1.807) is 0 Å². The zero-order valence-corrected chi connectivity index (χ0v) is 14.3. The molecule has 0 aromatic heterocycles. The number of hydrogen-bond donors (Lipinski definition) is 3. The second-order valence-corrected chi connectivity index (χ2v) is 6.51. The van der Waals surface area contributed by atoms with Crippen molar-refractivity contribution >= 4 is 17.7 Å². The maximum atomic E-state index is 11.8. The summed E-state index contributed by atoms with van der Waals surface area (Å²) in [6.07, 6.45) is 3.61. The molecule has 0 bridgehead atoms. The van der Waals surface area contributed by atoms with Gasteiger partial charge in [-0.1, -0.05) is 19.1 Å². The number of aliphatic hydroxyl groups is 1. The van der Waals surface area contributed by atoms with Gasteiger partial charge in [-0.15, -0.1) is 0 Å².